The number of rotatable bonds is 3. The first kappa shape index (κ1) is 15.1. The predicted octanol–water partition coefficient (Wildman–Crippen LogP) is 4.18. The molecule has 1 atom stereocenters. The molecule has 0 spiro atoms. The van der Waals surface area contributed by atoms with Crippen LogP contribution < -0.4 is 5.73 Å². The smallest absolute Gasteiger partial charge is 0.240 e. The SMILES string of the molecule is Cl.N[C@@H](CC(F)F)c1ccc(Cl)cc1Br. The fourth-order valence-electron chi connectivity index (χ4n) is 1.12. The van der Waals surface area contributed by atoms with Crippen LogP contribution in [-0.2, 0) is 0 Å². The lowest BCUT2D eigenvalue weighted by Crippen LogP contribution is -2.14. The molecule has 1 rings (SSSR count). The van der Waals surface area contributed by atoms with E-state index >= 15 is 0 Å². The summed E-state index contributed by atoms with van der Waals surface area (Å²) in [6.07, 6.45) is -2.74. The maximum atomic E-state index is 12.1. The molecule has 1 nitrogen and oxygen atoms in total. The van der Waals surface area contributed by atoms with Gasteiger partial charge in [0.25, 0.3) is 0 Å². The van der Waals surface area contributed by atoms with E-state index in [0.29, 0.717) is 15.1 Å². The van der Waals surface area contributed by atoms with Crippen LogP contribution in [0, 0.1) is 0 Å². The molecule has 1 aromatic rings. The summed E-state index contributed by atoms with van der Waals surface area (Å²) in [6, 6.07) is 4.26. The molecule has 0 heterocycles. The van der Waals surface area contributed by atoms with Gasteiger partial charge in [-0.25, -0.2) is 8.78 Å². The maximum absolute atomic E-state index is 12.1. The average molecular weight is 321 g/mol. The Hall–Kier alpha value is 0.1000. The highest BCUT2D eigenvalue weighted by molar-refractivity contribution is 9.10. The minimum Gasteiger partial charge on any atom is -0.324 e. The van der Waals surface area contributed by atoms with Gasteiger partial charge in [-0.1, -0.05) is 33.6 Å². The van der Waals surface area contributed by atoms with Gasteiger partial charge in [0.2, 0.25) is 6.43 Å². The molecule has 6 heteroatoms. The molecule has 0 aliphatic heterocycles. The van der Waals surface area contributed by atoms with Gasteiger partial charge >= 0.3 is 0 Å². The van der Waals surface area contributed by atoms with Crippen LogP contribution >= 0.6 is 39.9 Å². The second kappa shape index (κ2) is 6.63. The van der Waals surface area contributed by atoms with Gasteiger partial charge in [0.05, 0.1) is 0 Å². The Balaban J connectivity index is 0.00000196. The summed E-state index contributed by atoms with van der Waals surface area (Å²) in [5, 5.41) is 0.546. The third kappa shape index (κ3) is 4.64. The first-order valence-electron chi connectivity index (χ1n) is 3.99. The lowest BCUT2D eigenvalue weighted by Gasteiger charge is -2.13. The van der Waals surface area contributed by atoms with Crippen LogP contribution in [0.2, 0.25) is 5.02 Å². The summed E-state index contributed by atoms with van der Waals surface area (Å²) in [6.45, 7) is 0. The summed E-state index contributed by atoms with van der Waals surface area (Å²) in [5.74, 6) is 0. The number of hydrogen-bond donors (Lipinski definition) is 1. The van der Waals surface area contributed by atoms with Crippen LogP contribution in [0.1, 0.15) is 18.0 Å². The van der Waals surface area contributed by atoms with E-state index in [1.54, 1.807) is 18.2 Å². The number of nitrogens with two attached hydrogens (primary N) is 1. The average Bonchev–Trinajstić information content (AvgIpc) is 2.01. The molecule has 86 valence electrons. The van der Waals surface area contributed by atoms with E-state index in [4.69, 9.17) is 17.3 Å². The first-order chi connectivity index (χ1) is 6.50. The summed E-state index contributed by atoms with van der Waals surface area (Å²) in [4.78, 5) is 0. The van der Waals surface area contributed by atoms with E-state index in [-0.39, 0.29) is 18.8 Å². The van der Waals surface area contributed by atoms with Crippen LogP contribution in [-0.4, -0.2) is 6.43 Å². The molecule has 0 unspecified atom stereocenters. The van der Waals surface area contributed by atoms with Gasteiger partial charge in [0.15, 0.2) is 0 Å². The second-order valence-electron chi connectivity index (χ2n) is 2.90. The van der Waals surface area contributed by atoms with Crippen molar-refractivity contribution in [3.8, 4) is 0 Å². The second-order valence-corrected chi connectivity index (χ2v) is 4.19. The fourth-order valence-corrected chi connectivity index (χ4v) is 2.10. The molecule has 0 saturated carbocycles. The molecular formula is C9H10BrCl2F2N. The van der Waals surface area contributed by atoms with Gasteiger partial charge in [-0.15, -0.1) is 12.4 Å². The highest BCUT2D eigenvalue weighted by Gasteiger charge is 2.15. The van der Waals surface area contributed by atoms with Crippen LogP contribution in [0.4, 0.5) is 8.78 Å². The van der Waals surface area contributed by atoms with Crippen LogP contribution in [0.25, 0.3) is 0 Å². The van der Waals surface area contributed by atoms with Crippen molar-refractivity contribution in [1.82, 2.24) is 0 Å². The molecule has 0 saturated heterocycles. The Morgan fingerprint density at radius 3 is 2.47 bits per heavy atom. The van der Waals surface area contributed by atoms with Crippen molar-refractivity contribution in [3.63, 3.8) is 0 Å². The van der Waals surface area contributed by atoms with Gasteiger partial charge in [-0.05, 0) is 17.7 Å². The van der Waals surface area contributed by atoms with Crippen LogP contribution in [0.5, 0.6) is 0 Å². The largest absolute Gasteiger partial charge is 0.324 e. The molecule has 1 aromatic carbocycles. The van der Waals surface area contributed by atoms with Crippen molar-refractivity contribution in [2.24, 2.45) is 5.73 Å². The quantitative estimate of drug-likeness (QED) is 0.888. The Bertz CT molecular complexity index is 323. The molecule has 0 fully saturated rings. The van der Waals surface area contributed by atoms with Gasteiger partial charge in [0, 0.05) is 22.0 Å². The highest BCUT2D eigenvalue weighted by Crippen LogP contribution is 2.28. The molecule has 15 heavy (non-hydrogen) atoms. The predicted molar refractivity (Wildman–Crippen MR) is 63.9 cm³/mol. The number of alkyl halides is 2. The molecule has 0 aromatic heterocycles. The number of halogens is 5. The van der Waals surface area contributed by atoms with E-state index in [0.717, 1.165) is 0 Å². The van der Waals surface area contributed by atoms with Crippen LogP contribution in [0.3, 0.4) is 0 Å². The van der Waals surface area contributed by atoms with E-state index in [2.05, 4.69) is 15.9 Å². The molecule has 0 aliphatic carbocycles. The van der Waals surface area contributed by atoms with Gasteiger partial charge in [-0.2, -0.15) is 0 Å². The van der Waals surface area contributed by atoms with Crippen molar-refractivity contribution in [3.05, 3.63) is 33.3 Å². The number of benzene rings is 1. The summed E-state index contributed by atoms with van der Waals surface area (Å²) in [5.41, 5.74) is 6.24. The minimum atomic E-state index is -2.40. The van der Waals surface area contributed by atoms with Gasteiger partial charge in [0.1, 0.15) is 0 Å². The molecule has 0 radical (unpaired) electrons. The van der Waals surface area contributed by atoms with E-state index in [9.17, 15) is 8.78 Å². The normalized spacial score (nSPS) is 12.4. The van der Waals surface area contributed by atoms with Gasteiger partial charge in [-0.3, -0.25) is 0 Å². The Morgan fingerprint density at radius 2 is 2.00 bits per heavy atom. The molecule has 0 amide bonds. The zero-order valence-electron chi connectivity index (χ0n) is 7.59. The van der Waals surface area contributed by atoms with Gasteiger partial charge < -0.3 is 5.73 Å². The maximum Gasteiger partial charge on any atom is 0.240 e. The zero-order chi connectivity index (χ0) is 10.7. The van der Waals surface area contributed by atoms with E-state index < -0.39 is 12.5 Å². The standard InChI is InChI=1S/C9H9BrClF2N.ClH/c10-7-3-5(11)1-2-6(7)8(14)4-9(12)13;/h1-3,8-9H,4,14H2;1H/t8-;/m0./s1. The van der Waals surface area contributed by atoms with Crippen molar-refractivity contribution in [1.29, 1.82) is 0 Å². The third-order valence-corrected chi connectivity index (χ3v) is 2.72. The van der Waals surface area contributed by atoms with Crippen molar-refractivity contribution < 1.29 is 8.78 Å². The minimum absolute atomic E-state index is 0. The third-order valence-electron chi connectivity index (χ3n) is 1.79. The molecular weight excluding hydrogens is 311 g/mol. The topological polar surface area (TPSA) is 26.0 Å². The Labute approximate surface area is 107 Å². The highest BCUT2D eigenvalue weighted by atomic mass is 79.9. The van der Waals surface area contributed by atoms with Crippen molar-refractivity contribution in [2.45, 2.75) is 18.9 Å². The summed E-state index contributed by atoms with van der Waals surface area (Å²) >= 11 is 8.94. The number of hydrogen-bond acceptors (Lipinski definition) is 1. The van der Waals surface area contributed by atoms with Crippen molar-refractivity contribution in [2.75, 3.05) is 0 Å². The molecule has 0 aliphatic rings. The van der Waals surface area contributed by atoms with E-state index in [1.807, 2.05) is 0 Å². The zero-order valence-corrected chi connectivity index (χ0v) is 10.7. The Kier molecular flexibility index (Phi) is 6.68. The van der Waals surface area contributed by atoms with Crippen molar-refractivity contribution >= 4 is 39.9 Å². The van der Waals surface area contributed by atoms with Crippen LogP contribution in [0.15, 0.2) is 22.7 Å². The fraction of sp³-hybridized carbons (Fsp3) is 0.333. The summed E-state index contributed by atoms with van der Waals surface area (Å²) < 4.78 is 24.8. The Morgan fingerprint density at radius 1 is 1.40 bits per heavy atom. The molecule has 2 N–H and O–H groups in total. The monoisotopic (exact) mass is 319 g/mol. The molecule has 0 bridgehead atoms. The lowest BCUT2D eigenvalue weighted by atomic mass is 10.1. The lowest BCUT2D eigenvalue weighted by molar-refractivity contribution is 0.128. The van der Waals surface area contributed by atoms with E-state index in [1.165, 1.54) is 0 Å². The first-order valence-corrected chi connectivity index (χ1v) is 5.16. The summed E-state index contributed by atoms with van der Waals surface area (Å²) in [7, 11) is 0.